The Kier molecular flexibility index (Phi) is 7.04. The summed E-state index contributed by atoms with van der Waals surface area (Å²) in [7, 11) is 0. The summed E-state index contributed by atoms with van der Waals surface area (Å²) in [5.74, 6) is 0. The van der Waals surface area contributed by atoms with Crippen molar-refractivity contribution in [1.29, 1.82) is 0 Å². The van der Waals surface area contributed by atoms with Crippen molar-refractivity contribution >= 4 is 49.7 Å². The Labute approximate surface area is 143 Å². The van der Waals surface area contributed by atoms with Crippen molar-refractivity contribution in [1.82, 2.24) is 0 Å². The van der Waals surface area contributed by atoms with Crippen LogP contribution in [-0.4, -0.2) is 23.7 Å². The summed E-state index contributed by atoms with van der Waals surface area (Å²) < 4.78 is 0. The van der Waals surface area contributed by atoms with Gasteiger partial charge >= 0.3 is 0 Å². The number of benzene rings is 2. The smallest absolute Gasteiger partial charge is 0.0372 e. The zero-order valence-electron chi connectivity index (χ0n) is 11.9. The molecule has 0 N–H and O–H groups in total. The van der Waals surface area contributed by atoms with E-state index in [1.165, 1.54) is 16.8 Å². The lowest BCUT2D eigenvalue weighted by Gasteiger charge is -2.23. The Morgan fingerprint density at radius 2 is 1.38 bits per heavy atom. The van der Waals surface area contributed by atoms with Crippen LogP contribution in [0.5, 0.6) is 0 Å². The first-order valence-corrected chi connectivity index (χ1v) is 9.28. The predicted octanol–water partition coefficient (Wildman–Crippen LogP) is 5.45. The fourth-order valence-electron chi connectivity index (χ4n) is 2.16. The molecule has 2 rings (SSSR count). The third-order valence-electron chi connectivity index (χ3n) is 3.21. The van der Waals surface area contributed by atoms with E-state index in [1.807, 2.05) is 6.07 Å². The fourth-order valence-corrected chi connectivity index (χ4v) is 3.01. The molecule has 0 aliphatic rings. The molecule has 1 nitrogen and oxygen atoms in total. The quantitative estimate of drug-likeness (QED) is 0.434. The normalized spacial score (nSPS) is 11.0. The van der Waals surface area contributed by atoms with Gasteiger partial charge in [0.05, 0.1) is 0 Å². The Bertz CT molecular complexity index is 560. The van der Waals surface area contributed by atoms with Crippen LogP contribution in [0.2, 0.25) is 0 Å². The first-order chi connectivity index (χ1) is 10.3. The molecule has 0 amide bonds. The van der Waals surface area contributed by atoms with E-state index in [4.69, 9.17) is 0 Å². The molecule has 110 valence electrons. The Morgan fingerprint density at radius 1 is 0.762 bits per heavy atom. The molecule has 3 heteroatoms. The highest BCUT2D eigenvalue weighted by molar-refractivity contribution is 9.09. The van der Waals surface area contributed by atoms with Crippen LogP contribution >= 0.6 is 31.9 Å². The monoisotopic (exact) mass is 407 g/mol. The molecule has 2 aromatic rings. The second kappa shape index (κ2) is 9.06. The van der Waals surface area contributed by atoms with E-state index in [0.717, 1.165) is 23.7 Å². The number of halogens is 2. The molecule has 0 unspecified atom stereocenters. The van der Waals surface area contributed by atoms with Gasteiger partial charge in [-0.05, 0) is 23.3 Å². The van der Waals surface area contributed by atoms with Crippen molar-refractivity contribution < 1.29 is 0 Å². The molecule has 0 saturated carbocycles. The highest BCUT2D eigenvalue weighted by Gasteiger charge is 2.04. The average molecular weight is 409 g/mol. The highest BCUT2D eigenvalue weighted by atomic mass is 79.9. The first kappa shape index (κ1) is 16.3. The Hall–Kier alpha value is -1.06. The molecule has 0 radical (unpaired) electrons. The van der Waals surface area contributed by atoms with Crippen LogP contribution in [0.1, 0.15) is 11.1 Å². The van der Waals surface area contributed by atoms with Gasteiger partial charge in [0.2, 0.25) is 0 Å². The van der Waals surface area contributed by atoms with Crippen LogP contribution in [0.15, 0.2) is 54.6 Å². The van der Waals surface area contributed by atoms with E-state index in [9.17, 15) is 0 Å². The van der Waals surface area contributed by atoms with Crippen molar-refractivity contribution in [2.24, 2.45) is 0 Å². The van der Waals surface area contributed by atoms with Crippen LogP contribution in [-0.2, 0) is 0 Å². The number of hydrogen-bond acceptors (Lipinski definition) is 1. The second-order valence-corrected chi connectivity index (χ2v) is 6.29. The summed E-state index contributed by atoms with van der Waals surface area (Å²) in [6, 6.07) is 19.1. The molecule has 0 bridgehead atoms. The Morgan fingerprint density at radius 3 is 2.05 bits per heavy atom. The zero-order valence-corrected chi connectivity index (χ0v) is 15.1. The van der Waals surface area contributed by atoms with E-state index in [2.05, 4.69) is 97.4 Å². The molecule has 0 saturated heterocycles. The van der Waals surface area contributed by atoms with Gasteiger partial charge < -0.3 is 4.90 Å². The van der Waals surface area contributed by atoms with E-state index in [0.29, 0.717) is 0 Å². The lowest BCUT2D eigenvalue weighted by Crippen LogP contribution is -2.27. The summed E-state index contributed by atoms with van der Waals surface area (Å²) in [6.07, 6.45) is 4.32. The summed E-state index contributed by atoms with van der Waals surface area (Å²) in [5, 5.41) is 1.95. The fraction of sp³-hybridized carbons (Fsp3) is 0.222. The zero-order chi connectivity index (χ0) is 14.9. The summed E-state index contributed by atoms with van der Waals surface area (Å²) in [6.45, 7) is 2.02. The second-order valence-electron chi connectivity index (χ2n) is 4.70. The summed E-state index contributed by atoms with van der Waals surface area (Å²) in [5.41, 5.74) is 3.72. The van der Waals surface area contributed by atoms with Crippen molar-refractivity contribution in [2.75, 3.05) is 28.6 Å². The minimum atomic E-state index is 0.976. The van der Waals surface area contributed by atoms with Crippen LogP contribution in [0.4, 0.5) is 5.69 Å². The number of rotatable bonds is 7. The van der Waals surface area contributed by atoms with Gasteiger partial charge in [-0.2, -0.15) is 0 Å². The SMILES string of the molecule is BrCCN(CCBr)c1cccc(/C=C\c2ccccc2)c1. The number of anilines is 1. The van der Waals surface area contributed by atoms with Gasteiger partial charge in [-0.3, -0.25) is 0 Å². The van der Waals surface area contributed by atoms with Crippen LogP contribution in [0.25, 0.3) is 12.2 Å². The van der Waals surface area contributed by atoms with Gasteiger partial charge in [0.25, 0.3) is 0 Å². The molecule has 0 aliphatic heterocycles. The van der Waals surface area contributed by atoms with Crippen molar-refractivity contribution in [3.05, 3.63) is 65.7 Å². The van der Waals surface area contributed by atoms with Gasteiger partial charge in [-0.1, -0.05) is 86.5 Å². The Balaban J connectivity index is 2.15. The van der Waals surface area contributed by atoms with Gasteiger partial charge in [-0.15, -0.1) is 0 Å². The van der Waals surface area contributed by atoms with Gasteiger partial charge in [0.1, 0.15) is 0 Å². The molecule has 0 heterocycles. The predicted molar refractivity (Wildman–Crippen MR) is 102 cm³/mol. The lowest BCUT2D eigenvalue weighted by molar-refractivity contribution is 0.885. The number of alkyl halides is 2. The molecule has 21 heavy (non-hydrogen) atoms. The van der Waals surface area contributed by atoms with Crippen LogP contribution in [0.3, 0.4) is 0 Å². The molecule has 2 aromatic carbocycles. The maximum atomic E-state index is 3.53. The first-order valence-electron chi connectivity index (χ1n) is 7.03. The molecule has 0 atom stereocenters. The van der Waals surface area contributed by atoms with Crippen molar-refractivity contribution in [3.8, 4) is 0 Å². The number of nitrogens with zero attached hydrogens (tertiary/aromatic N) is 1. The van der Waals surface area contributed by atoms with Crippen LogP contribution < -0.4 is 4.90 Å². The molecule has 0 fully saturated rings. The minimum Gasteiger partial charge on any atom is -0.370 e. The third-order valence-corrected chi connectivity index (χ3v) is 3.92. The van der Waals surface area contributed by atoms with E-state index >= 15 is 0 Å². The van der Waals surface area contributed by atoms with E-state index in [1.54, 1.807) is 0 Å². The largest absolute Gasteiger partial charge is 0.370 e. The van der Waals surface area contributed by atoms with Crippen molar-refractivity contribution in [3.63, 3.8) is 0 Å². The van der Waals surface area contributed by atoms with E-state index in [-0.39, 0.29) is 0 Å². The minimum absolute atomic E-state index is 0.976. The molecule has 0 aliphatic carbocycles. The van der Waals surface area contributed by atoms with Gasteiger partial charge in [0.15, 0.2) is 0 Å². The van der Waals surface area contributed by atoms with E-state index < -0.39 is 0 Å². The molecule has 0 spiro atoms. The van der Waals surface area contributed by atoms with Gasteiger partial charge in [-0.25, -0.2) is 0 Å². The van der Waals surface area contributed by atoms with Crippen molar-refractivity contribution in [2.45, 2.75) is 0 Å². The van der Waals surface area contributed by atoms with Gasteiger partial charge in [0, 0.05) is 29.4 Å². The summed E-state index contributed by atoms with van der Waals surface area (Å²) in [4.78, 5) is 2.38. The van der Waals surface area contributed by atoms with Crippen LogP contribution in [0, 0.1) is 0 Å². The molecular weight excluding hydrogens is 390 g/mol. The standard InChI is InChI=1S/C18H19Br2N/c19-11-13-21(14-12-20)18-8-4-7-17(15-18)10-9-16-5-2-1-3-6-16/h1-10,15H,11-14H2/b10-9-. The molecule has 0 aromatic heterocycles. The average Bonchev–Trinajstić information content (AvgIpc) is 2.54. The maximum absolute atomic E-state index is 3.53. The maximum Gasteiger partial charge on any atom is 0.0372 e. The highest BCUT2D eigenvalue weighted by Crippen LogP contribution is 2.18. The molecular formula is C18H19Br2N. The third kappa shape index (κ3) is 5.33. The topological polar surface area (TPSA) is 3.24 Å². The lowest BCUT2D eigenvalue weighted by atomic mass is 10.1. The summed E-state index contributed by atoms with van der Waals surface area (Å²) >= 11 is 7.05. The number of hydrogen-bond donors (Lipinski definition) is 0.